The fourth-order valence-corrected chi connectivity index (χ4v) is 4.54. The molecule has 0 bridgehead atoms. The van der Waals surface area contributed by atoms with Crippen molar-refractivity contribution in [2.24, 2.45) is 5.92 Å². The van der Waals surface area contributed by atoms with Gasteiger partial charge in [0.1, 0.15) is 9.77 Å². The van der Waals surface area contributed by atoms with E-state index in [1.54, 1.807) is 19.4 Å². The summed E-state index contributed by atoms with van der Waals surface area (Å²) in [5, 5.41) is 1.62. The number of sulfonamides is 1. The molecule has 114 valence electrons. The maximum absolute atomic E-state index is 12.3. The average Bonchev–Trinajstić information content (AvgIpc) is 2.79. The minimum Gasteiger partial charge on any atom is -0.465 e. The highest BCUT2D eigenvalue weighted by Gasteiger charge is 2.27. The second kappa shape index (κ2) is 7.16. The van der Waals surface area contributed by atoms with Crippen molar-refractivity contribution < 1.29 is 22.7 Å². The Balaban J connectivity index is 2.98. The van der Waals surface area contributed by atoms with Gasteiger partial charge in [0.2, 0.25) is 10.0 Å². The van der Waals surface area contributed by atoms with E-state index in [0.717, 1.165) is 11.3 Å². The fraction of sp³-hybridized carbons (Fsp3) is 0.583. The molecule has 0 spiro atoms. The summed E-state index contributed by atoms with van der Waals surface area (Å²) in [4.78, 5) is 11.7. The third kappa shape index (κ3) is 4.02. The minimum atomic E-state index is -3.74. The predicted octanol–water partition coefficient (Wildman–Crippen LogP) is 1.40. The van der Waals surface area contributed by atoms with E-state index in [4.69, 9.17) is 4.74 Å². The Bertz CT molecular complexity index is 564. The van der Waals surface area contributed by atoms with Crippen molar-refractivity contribution >= 4 is 27.3 Å². The minimum absolute atomic E-state index is 0.000957. The average molecular weight is 321 g/mol. The second-order valence-electron chi connectivity index (χ2n) is 4.48. The first-order chi connectivity index (χ1) is 9.33. The Morgan fingerprint density at radius 1 is 1.45 bits per heavy atom. The molecule has 1 aromatic rings. The Labute approximate surface area is 123 Å². The van der Waals surface area contributed by atoms with Gasteiger partial charge < -0.3 is 9.47 Å². The number of rotatable bonds is 7. The van der Waals surface area contributed by atoms with Crippen molar-refractivity contribution in [3.8, 4) is 0 Å². The van der Waals surface area contributed by atoms with Gasteiger partial charge in [-0.3, -0.25) is 0 Å². The summed E-state index contributed by atoms with van der Waals surface area (Å²) in [6.07, 6.45) is 0. The van der Waals surface area contributed by atoms with Crippen molar-refractivity contribution in [3.05, 3.63) is 15.8 Å². The van der Waals surface area contributed by atoms with Gasteiger partial charge in [-0.25, -0.2) is 17.9 Å². The van der Waals surface area contributed by atoms with E-state index < -0.39 is 16.0 Å². The molecule has 0 fully saturated rings. The molecule has 0 amide bonds. The van der Waals surface area contributed by atoms with E-state index in [0.29, 0.717) is 12.2 Å². The molecule has 0 saturated heterocycles. The van der Waals surface area contributed by atoms with Crippen LogP contribution in [0.15, 0.2) is 10.3 Å². The highest BCUT2D eigenvalue weighted by atomic mass is 32.2. The number of ether oxygens (including phenoxy) is 2. The monoisotopic (exact) mass is 321 g/mol. The first-order valence-electron chi connectivity index (χ1n) is 5.98. The number of carbonyl (C=O) groups is 1. The van der Waals surface area contributed by atoms with Crippen LogP contribution in [-0.4, -0.2) is 41.8 Å². The largest absolute Gasteiger partial charge is 0.465 e. The number of thiophene rings is 1. The topological polar surface area (TPSA) is 81.7 Å². The first-order valence-corrected chi connectivity index (χ1v) is 8.34. The molecule has 0 saturated carbocycles. The highest BCUT2D eigenvalue weighted by Crippen LogP contribution is 2.27. The van der Waals surface area contributed by atoms with Gasteiger partial charge in [0, 0.05) is 20.3 Å². The van der Waals surface area contributed by atoms with Crippen molar-refractivity contribution in [3.63, 3.8) is 0 Å². The molecule has 1 atom stereocenters. The lowest BCUT2D eigenvalue weighted by molar-refractivity contribution is 0.0602. The third-order valence-electron chi connectivity index (χ3n) is 2.63. The Morgan fingerprint density at radius 2 is 2.10 bits per heavy atom. The van der Waals surface area contributed by atoms with E-state index >= 15 is 0 Å². The van der Waals surface area contributed by atoms with Crippen LogP contribution in [0.2, 0.25) is 0 Å². The van der Waals surface area contributed by atoms with Crippen LogP contribution in [0.4, 0.5) is 0 Å². The number of methoxy groups -OCH3 is 2. The van der Waals surface area contributed by atoms with E-state index in [1.165, 1.54) is 7.11 Å². The van der Waals surface area contributed by atoms with Crippen molar-refractivity contribution in [2.45, 2.75) is 18.7 Å². The van der Waals surface area contributed by atoms with Gasteiger partial charge in [0.25, 0.3) is 0 Å². The predicted molar refractivity (Wildman–Crippen MR) is 76.6 cm³/mol. The van der Waals surface area contributed by atoms with Crippen LogP contribution in [-0.2, 0) is 19.5 Å². The van der Waals surface area contributed by atoms with Gasteiger partial charge in [-0.15, -0.1) is 11.3 Å². The molecule has 8 heteroatoms. The number of hydrogen-bond donors (Lipinski definition) is 1. The molecule has 0 aliphatic heterocycles. The lowest BCUT2D eigenvalue weighted by Gasteiger charge is -2.12. The number of hydrogen-bond acceptors (Lipinski definition) is 6. The normalized spacial score (nSPS) is 13.2. The third-order valence-corrected chi connectivity index (χ3v) is 5.45. The maximum atomic E-state index is 12.3. The summed E-state index contributed by atoms with van der Waals surface area (Å²) in [7, 11) is -0.960. The molecule has 1 heterocycles. The van der Waals surface area contributed by atoms with Crippen LogP contribution in [0, 0.1) is 12.8 Å². The van der Waals surface area contributed by atoms with E-state index in [-0.39, 0.29) is 22.2 Å². The van der Waals surface area contributed by atoms with Crippen LogP contribution in [0.3, 0.4) is 0 Å². The summed E-state index contributed by atoms with van der Waals surface area (Å²) >= 11 is 1.06. The van der Waals surface area contributed by atoms with Gasteiger partial charge in [-0.1, -0.05) is 6.92 Å². The summed E-state index contributed by atoms with van der Waals surface area (Å²) in [6, 6.07) is 0. The van der Waals surface area contributed by atoms with Gasteiger partial charge >= 0.3 is 5.97 Å². The molecule has 0 radical (unpaired) electrons. The Hall–Kier alpha value is -0.960. The Kier molecular flexibility index (Phi) is 6.12. The number of nitrogens with one attached hydrogen (secondary N) is 1. The molecule has 6 nitrogen and oxygen atoms in total. The van der Waals surface area contributed by atoms with Crippen molar-refractivity contribution in [2.75, 3.05) is 27.4 Å². The van der Waals surface area contributed by atoms with Crippen molar-refractivity contribution in [1.82, 2.24) is 4.72 Å². The number of carbonyl (C=O) groups excluding carboxylic acids is 1. The lowest BCUT2D eigenvalue weighted by atomic mass is 10.2. The molecule has 0 aromatic carbocycles. The molecule has 1 N–H and O–H groups in total. The lowest BCUT2D eigenvalue weighted by Crippen LogP contribution is -2.31. The summed E-state index contributed by atoms with van der Waals surface area (Å²) in [5.74, 6) is -0.608. The molecule has 1 rings (SSSR count). The van der Waals surface area contributed by atoms with Crippen LogP contribution >= 0.6 is 11.3 Å². The molecule has 1 unspecified atom stereocenters. The number of esters is 1. The Morgan fingerprint density at radius 3 is 2.65 bits per heavy atom. The number of aryl methyl sites for hydroxylation is 1. The molecular weight excluding hydrogens is 302 g/mol. The second-order valence-corrected chi connectivity index (χ2v) is 7.06. The van der Waals surface area contributed by atoms with Crippen molar-refractivity contribution in [1.29, 1.82) is 0 Å². The van der Waals surface area contributed by atoms with Crippen LogP contribution < -0.4 is 4.72 Å². The molecule has 0 aliphatic carbocycles. The standard InChI is InChI=1S/C12H19NO5S2/c1-8(6-17-3)5-13-20(15,16)11-9(2)7-19-10(11)12(14)18-4/h7-8,13H,5-6H2,1-4H3. The van der Waals surface area contributed by atoms with Gasteiger partial charge in [-0.05, 0) is 23.8 Å². The molecular formula is C12H19NO5S2. The summed E-state index contributed by atoms with van der Waals surface area (Å²) in [5.41, 5.74) is 0.530. The van der Waals surface area contributed by atoms with E-state index in [2.05, 4.69) is 9.46 Å². The summed E-state index contributed by atoms with van der Waals surface area (Å²) < 4.78 is 36.7. The quantitative estimate of drug-likeness (QED) is 0.768. The fourth-order valence-electron chi connectivity index (χ4n) is 1.67. The molecule has 20 heavy (non-hydrogen) atoms. The van der Waals surface area contributed by atoms with Gasteiger partial charge in [-0.2, -0.15) is 0 Å². The van der Waals surface area contributed by atoms with Crippen LogP contribution in [0.1, 0.15) is 22.2 Å². The zero-order valence-corrected chi connectivity index (χ0v) is 13.6. The smallest absolute Gasteiger partial charge is 0.349 e. The SMILES string of the molecule is COCC(C)CNS(=O)(=O)c1c(C)csc1C(=O)OC. The first kappa shape index (κ1) is 17.1. The van der Waals surface area contributed by atoms with Gasteiger partial charge in [0.05, 0.1) is 7.11 Å². The molecule has 1 aromatic heterocycles. The highest BCUT2D eigenvalue weighted by molar-refractivity contribution is 7.89. The van der Waals surface area contributed by atoms with Crippen LogP contribution in [0.25, 0.3) is 0 Å². The van der Waals surface area contributed by atoms with Crippen LogP contribution in [0.5, 0.6) is 0 Å². The summed E-state index contributed by atoms with van der Waals surface area (Å²) in [6.45, 7) is 4.21. The van der Waals surface area contributed by atoms with E-state index in [1.807, 2.05) is 6.92 Å². The van der Waals surface area contributed by atoms with E-state index in [9.17, 15) is 13.2 Å². The van der Waals surface area contributed by atoms with Gasteiger partial charge in [0.15, 0.2) is 0 Å². The zero-order chi connectivity index (χ0) is 15.3. The zero-order valence-electron chi connectivity index (χ0n) is 11.9. The molecule has 0 aliphatic rings. The maximum Gasteiger partial charge on any atom is 0.349 e.